The second-order valence-corrected chi connectivity index (χ2v) is 5.40. The number of nitrogens with zero attached hydrogens (tertiary/aromatic N) is 2. The fraction of sp³-hybridized carbons (Fsp3) is 0.500. The standard InChI is InChI=1S/C16H20N2O5/c1-3-18(16(19)9-20-2)8-12-7-13(17-23-12)11-4-5-14-15(6-11)22-10-21-14/h4-6,12H,3,7-10H2,1-2H3. The van der Waals surface area contributed by atoms with Crippen molar-refractivity contribution in [2.75, 3.05) is 33.6 Å². The summed E-state index contributed by atoms with van der Waals surface area (Å²) in [6.07, 6.45) is 0.507. The van der Waals surface area contributed by atoms with Crippen LogP contribution in [0.4, 0.5) is 0 Å². The minimum Gasteiger partial charge on any atom is -0.454 e. The first-order valence-electron chi connectivity index (χ1n) is 7.60. The van der Waals surface area contributed by atoms with E-state index in [4.69, 9.17) is 19.0 Å². The Labute approximate surface area is 134 Å². The van der Waals surface area contributed by atoms with Gasteiger partial charge in [-0.15, -0.1) is 0 Å². The van der Waals surface area contributed by atoms with E-state index in [1.165, 1.54) is 7.11 Å². The average Bonchev–Trinajstić information content (AvgIpc) is 3.21. The van der Waals surface area contributed by atoms with Crippen molar-refractivity contribution in [2.24, 2.45) is 5.16 Å². The number of hydrogen-bond donors (Lipinski definition) is 0. The lowest BCUT2D eigenvalue weighted by Crippen LogP contribution is -2.39. The van der Waals surface area contributed by atoms with Crippen LogP contribution in [0.5, 0.6) is 11.5 Å². The van der Waals surface area contributed by atoms with E-state index in [0.717, 1.165) is 22.8 Å². The van der Waals surface area contributed by atoms with Crippen LogP contribution in [-0.4, -0.2) is 56.2 Å². The number of ether oxygens (including phenoxy) is 3. The molecule has 1 atom stereocenters. The Bertz CT molecular complexity index is 616. The number of fused-ring (bicyclic) bond motifs is 1. The molecule has 23 heavy (non-hydrogen) atoms. The number of benzene rings is 1. The quantitative estimate of drug-likeness (QED) is 0.792. The molecule has 0 fully saturated rings. The zero-order valence-corrected chi connectivity index (χ0v) is 13.3. The molecule has 0 saturated carbocycles. The van der Waals surface area contributed by atoms with Crippen LogP contribution in [-0.2, 0) is 14.4 Å². The largest absolute Gasteiger partial charge is 0.454 e. The van der Waals surface area contributed by atoms with Crippen molar-refractivity contribution in [1.29, 1.82) is 0 Å². The van der Waals surface area contributed by atoms with Crippen LogP contribution in [0.3, 0.4) is 0 Å². The lowest BCUT2D eigenvalue weighted by atomic mass is 10.0. The third-order valence-corrected chi connectivity index (χ3v) is 3.87. The molecule has 0 radical (unpaired) electrons. The number of hydrogen-bond acceptors (Lipinski definition) is 6. The molecule has 2 heterocycles. The molecule has 3 rings (SSSR count). The number of oxime groups is 1. The van der Waals surface area contributed by atoms with Crippen LogP contribution in [0.2, 0.25) is 0 Å². The molecule has 1 aromatic carbocycles. The van der Waals surface area contributed by atoms with Crippen LogP contribution in [0.15, 0.2) is 23.4 Å². The van der Waals surface area contributed by atoms with Gasteiger partial charge in [0.05, 0.1) is 12.3 Å². The molecule has 0 aliphatic carbocycles. The fourth-order valence-corrected chi connectivity index (χ4v) is 2.64. The second kappa shape index (κ2) is 6.87. The third kappa shape index (κ3) is 3.39. The lowest BCUT2D eigenvalue weighted by molar-refractivity contribution is -0.136. The Kier molecular flexibility index (Phi) is 4.66. The minimum absolute atomic E-state index is 0.0462. The van der Waals surface area contributed by atoms with Crippen LogP contribution >= 0.6 is 0 Å². The Morgan fingerprint density at radius 1 is 1.39 bits per heavy atom. The van der Waals surface area contributed by atoms with E-state index in [9.17, 15) is 4.79 Å². The summed E-state index contributed by atoms with van der Waals surface area (Å²) in [5.74, 6) is 1.42. The van der Waals surface area contributed by atoms with Crippen LogP contribution in [0.1, 0.15) is 18.9 Å². The van der Waals surface area contributed by atoms with E-state index in [1.807, 2.05) is 25.1 Å². The molecule has 0 spiro atoms. The van der Waals surface area contributed by atoms with Crippen molar-refractivity contribution >= 4 is 11.6 Å². The smallest absolute Gasteiger partial charge is 0.248 e. The first kappa shape index (κ1) is 15.6. The van der Waals surface area contributed by atoms with Gasteiger partial charge in [-0.1, -0.05) is 5.16 Å². The highest BCUT2D eigenvalue weighted by molar-refractivity contribution is 6.01. The van der Waals surface area contributed by atoms with Gasteiger partial charge < -0.3 is 23.9 Å². The third-order valence-electron chi connectivity index (χ3n) is 3.87. The van der Waals surface area contributed by atoms with E-state index < -0.39 is 0 Å². The van der Waals surface area contributed by atoms with Gasteiger partial charge in [0, 0.05) is 25.6 Å². The van der Waals surface area contributed by atoms with E-state index >= 15 is 0 Å². The highest BCUT2D eigenvalue weighted by Gasteiger charge is 2.27. The molecule has 2 aliphatic rings. The van der Waals surface area contributed by atoms with Crippen LogP contribution in [0.25, 0.3) is 0 Å². The maximum Gasteiger partial charge on any atom is 0.248 e. The van der Waals surface area contributed by atoms with Crippen LogP contribution < -0.4 is 9.47 Å². The number of carbonyl (C=O) groups excluding carboxylic acids is 1. The molecule has 0 saturated heterocycles. The highest BCUT2D eigenvalue weighted by Crippen LogP contribution is 2.33. The van der Waals surface area contributed by atoms with Crippen molar-refractivity contribution in [3.8, 4) is 11.5 Å². The topological polar surface area (TPSA) is 69.6 Å². The van der Waals surface area contributed by atoms with Crippen LogP contribution in [0, 0.1) is 0 Å². The first-order valence-corrected chi connectivity index (χ1v) is 7.60. The molecule has 2 aliphatic heterocycles. The Hall–Kier alpha value is -2.28. The van der Waals surface area contributed by atoms with Gasteiger partial charge in [0.25, 0.3) is 0 Å². The van der Waals surface area contributed by atoms with Gasteiger partial charge in [0.2, 0.25) is 12.7 Å². The Balaban J connectivity index is 1.60. The molecular formula is C16H20N2O5. The fourth-order valence-electron chi connectivity index (χ4n) is 2.64. The summed E-state index contributed by atoms with van der Waals surface area (Å²) < 4.78 is 15.6. The van der Waals surface area contributed by atoms with E-state index in [1.54, 1.807) is 4.90 Å². The van der Waals surface area contributed by atoms with E-state index in [2.05, 4.69) is 5.16 Å². The predicted octanol–water partition coefficient (Wildman–Crippen LogP) is 1.40. The zero-order chi connectivity index (χ0) is 16.2. The molecule has 1 unspecified atom stereocenters. The van der Waals surface area contributed by atoms with Crippen molar-refractivity contribution in [2.45, 2.75) is 19.4 Å². The molecule has 7 nitrogen and oxygen atoms in total. The second-order valence-electron chi connectivity index (χ2n) is 5.40. The Morgan fingerprint density at radius 2 is 2.22 bits per heavy atom. The maximum absolute atomic E-state index is 11.9. The summed E-state index contributed by atoms with van der Waals surface area (Å²) in [4.78, 5) is 19.1. The summed E-state index contributed by atoms with van der Waals surface area (Å²) >= 11 is 0. The van der Waals surface area contributed by atoms with Gasteiger partial charge >= 0.3 is 0 Å². The van der Waals surface area contributed by atoms with Crippen molar-refractivity contribution in [3.05, 3.63) is 23.8 Å². The Morgan fingerprint density at radius 3 is 3.00 bits per heavy atom. The van der Waals surface area contributed by atoms with E-state index in [0.29, 0.717) is 19.5 Å². The summed E-state index contributed by atoms with van der Waals surface area (Å²) in [6, 6.07) is 5.71. The molecule has 1 amide bonds. The molecular weight excluding hydrogens is 300 g/mol. The predicted molar refractivity (Wildman–Crippen MR) is 82.7 cm³/mol. The van der Waals surface area contributed by atoms with Crippen molar-refractivity contribution < 1.29 is 23.8 Å². The van der Waals surface area contributed by atoms with Gasteiger partial charge in [-0.25, -0.2) is 0 Å². The molecule has 7 heteroatoms. The van der Waals surface area contributed by atoms with Crippen molar-refractivity contribution in [3.63, 3.8) is 0 Å². The van der Waals surface area contributed by atoms with Gasteiger partial charge in [-0.3, -0.25) is 4.79 Å². The minimum atomic E-state index is -0.142. The van der Waals surface area contributed by atoms with Gasteiger partial charge in [-0.05, 0) is 25.1 Å². The van der Waals surface area contributed by atoms with Gasteiger partial charge in [0.15, 0.2) is 17.6 Å². The normalized spacial score (nSPS) is 18.5. The lowest BCUT2D eigenvalue weighted by Gasteiger charge is -2.22. The number of rotatable bonds is 6. The summed E-state index contributed by atoms with van der Waals surface area (Å²) in [7, 11) is 1.51. The SMILES string of the molecule is CCN(CC1CC(c2ccc3c(c2)OCO3)=NO1)C(=O)COC. The number of carbonyl (C=O) groups is 1. The number of likely N-dealkylation sites (N-methyl/N-ethyl adjacent to an activating group) is 1. The van der Waals surface area contributed by atoms with E-state index in [-0.39, 0.29) is 25.4 Å². The summed E-state index contributed by atoms with van der Waals surface area (Å²) in [5, 5.41) is 4.16. The zero-order valence-electron chi connectivity index (χ0n) is 13.3. The number of methoxy groups -OCH3 is 1. The molecule has 0 N–H and O–H groups in total. The van der Waals surface area contributed by atoms with Crippen molar-refractivity contribution in [1.82, 2.24) is 4.90 Å². The van der Waals surface area contributed by atoms with Gasteiger partial charge in [0.1, 0.15) is 6.61 Å². The highest BCUT2D eigenvalue weighted by atomic mass is 16.7. The molecule has 1 aromatic rings. The summed E-state index contributed by atoms with van der Waals surface area (Å²) in [6.45, 7) is 3.37. The monoisotopic (exact) mass is 320 g/mol. The maximum atomic E-state index is 11.9. The average molecular weight is 320 g/mol. The molecule has 0 aromatic heterocycles. The van der Waals surface area contributed by atoms with Gasteiger partial charge in [-0.2, -0.15) is 0 Å². The number of amides is 1. The molecule has 124 valence electrons. The first-order chi connectivity index (χ1) is 11.2. The summed E-state index contributed by atoms with van der Waals surface area (Å²) in [5.41, 5.74) is 1.80. The molecule has 0 bridgehead atoms.